The van der Waals surface area contributed by atoms with E-state index >= 15 is 0 Å². The van der Waals surface area contributed by atoms with Crippen LogP contribution >= 0.6 is 0 Å². The van der Waals surface area contributed by atoms with E-state index in [1.165, 1.54) is 29.6 Å². The fourth-order valence-corrected chi connectivity index (χ4v) is 4.98. The summed E-state index contributed by atoms with van der Waals surface area (Å²) in [6.07, 6.45) is 2.94. The molecule has 2 aromatic rings. The molecule has 0 unspecified atom stereocenters. The van der Waals surface area contributed by atoms with Gasteiger partial charge in [-0.05, 0) is 48.9 Å². The van der Waals surface area contributed by atoms with Crippen LogP contribution in [0.5, 0.6) is 23.0 Å². The number of hydrogen-bond donors (Lipinski definition) is 1. The van der Waals surface area contributed by atoms with E-state index in [-0.39, 0.29) is 10.6 Å². The summed E-state index contributed by atoms with van der Waals surface area (Å²) in [6.45, 7) is 7.26. The summed E-state index contributed by atoms with van der Waals surface area (Å²) >= 11 is 0. The predicted octanol–water partition coefficient (Wildman–Crippen LogP) is 3.55. The normalized spacial score (nSPS) is 13.2. The number of amides is 1. The van der Waals surface area contributed by atoms with Gasteiger partial charge in [0.1, 0.15) is 19.0 Å². The van der Waals surface area contributed by atoms with Crippen LogP contribution in [-0.4, -0.2) is 58.7 Å². The second-order valence-electron chi connectivity index (χ2n) is 7.25. The Hall–Kier alpha value is -3.24. The maximum atomic E-state index is 12.9. The van der Waals surface area contributed by atoms with Crippen LogP contribution in [0.2, 0.25) is 0 Å². The smallest absolute Gasteiger partial charge is 0.248 e. The average Bonchev–Trinajstić information content (AvgIpc) is 2.84. The van der Waals surface area contributed by atoms with Crippen molar-refractivity contribution in [2.24, 2.45) is 0 Å². The number of sulfonamides is 1. The molecule has 0 aromatic heterocycles. The van der Waals surface area contributed by atoms with Crippen LogP contribution in [0.3, 0.4) is 0 Å². The maximum absolute atomic E-state index is 12.9. The number of nitrogens with one attached hydrogen (secondary N) is 1. The van der Waals surface area contributed by atoms with Gasteiger partial charge in [-0.2, -0.15) is 4.31 Å². The van der Waals surface area contributed by atoms with Crippen molar-refractivity contribution < 1.29 is 32.2 Å². The molecule has 0 fully saturated rings. The first-order chi connectivity index (χ1) is 16.3. The summed E-state index contributed by atoms with van der Waals surface area (Å²) in [5, 5.41) is 2.72. The van der Waals surface area contributed by atoms with Crippen molar-refractivity contribution in [1.82, 2.24) is 4.31 Å². The van der Waals surface area contributed by atoms with Crippen LogP contribution < -0.4 is 24.3 Å². The van der Waals surface area contributed by atoms with Gasteiger partial charge in [-0.25, -0.2) is 8.42 Å². The van der Waals surface area contributed by atoms with E-state index in [2.05, 4.69) is 5.32 Å². The zero-order chi connectivity index (χ0) is 24.7. The van der Waals surface area contributed by atoms with Crippen LogP contribution in [-0.2, 0) is 14.8 Å². The van der Waals surface area contributed by atoms with E-state index in [1.807, 2.05) is 0 Å². The summed E-state index contributed by atoms with van der Waals surface area (Å²) in [6, 6.07) is 7.93. The van der Waals surface area contributed by atoms with Gasteiger partial charge in [0, 0.05) is 19.2 Å². The molecule has 0 saturated heterocycles. The fraction of sp³-hybridized carbons (Fsp3) is 0.375. The van der Waals surface area contributed by atoms with Crippen molar-refractivity contribution in [2.45, 2.75) is 25.7 Å². The molecule has 1 N–H and O–H groups in total. The van der Waals surface area contributed by atoms with Crippen molar-refractivity contribution in [3.63, 3.8) is 0 Å². The highest BCUT2D eigenvalue weighted by molar-refractivity contribution is 7.89. The van der Waals surface area contributed by atoms with Gasteiger partial charge in [0.2, 0.25) is 21.7 Å². The molecule has 1 amide bonds. The van der Waals surface area contributed by atoms with Crippen LogP contribution in [0.4, 0.5) is 5.69 Å². The number of ether oxygens (including phenoxy) is 4. The molecule has 10 heteroatoms. The van der Waals surface area contributed by atoms with Gasteiger partial charge in [0.25, 0.3) is 0 Å². The lowest BCUT2D eigenvalue weighted by Crippen LogP contribution is -2.30. The van der Waals surface area contributed by atoms with E-state index in [0.717, 1.165) is 0 Å². The van der Waals surface area contributed by atoms with Gasteiger partial charge in [0.05, 0.1) is 24.3 Å². The summed E-state index contributed by atoms with van der Waals surface area (Å²) in [5.74, 6) is 1.50. The maximum Gasteiger partial charge on any atom is 0.248 e. The molecule has 1 aliphatic heterocycles. The molecular formula is C24H30N2O7S. The molecule has 1 heterocycles. The standard InChI is InChI=1S/C24H30N2O7S/c1-5-26(6-2)34(28,29)18-9-10-20(31-7-3)19(16-18)25-23(27)11-8-17-14-21(30-4)24-22(15-17)32-12-13-33-24/h8-11,14-16H,5-7,12-13H2,1-4H3,(H,25,27)/b11-8+. The molecular weight excluding hydrogens is 460 g/mol. The zero-order valence-corrected chi connectivity index (χ0v) is 20.6. The van der Waals surface area contributed by atoms with Crippen molar-refractivity contribution in [3.05, 3.63) is 42.0 Å². The minimum atomic E-state index is -3.69. The Morgan fingerprint density at radius 2 is 1.82 bits per heavy atom. The highest BCUT2D eigenvalue weighted by atomic mass is 32.2. The molecule has 9 nitrogen and oxygen atoms in total. The second kappa shape index (κ2) is 11.3. The lowest BCUT2D eigenvalue weighted by atomic mass is 10.1. The Labute approximate surface area is 200 Å². The van der Waals surface area contributed by atoms with Gasteiger partial charge in [-0.1, -0.05) is 13.8 Å². The number of carbonyl (C=O) groups excluding carboxylic acids is 1. The molecule has 0 spiro atoms. The fourth-order valence-electron chi connectivity index (χ4n) is 3.50. The predicted molar refractivity (Wildman–Crippen MR) is 129 cm³/mol. The number of benzene rings is 2. The van der Waals surface area contributed by atoms with Gasteiger partial charge < -0.3 is 24.3 Å². The number of methoxy groups -OCH3 is 1. The van der Waals surface area contributed by atoms with Gasteiger partial charge in [0.15, 0.2) is 11.5 Å². The lowest BCUT2D eigenvalue weighted by molar-refractivity contribution is -0.111. The number of anilines is 1. The third-order valence-corrected chi connectivity index (χ3v) is 7.18. The molecule has 3 rings (SSSR count). The number of fused-ring (bicyclic) bond motifs is 1. The Bertz CT molecular complexity index is 1140. The molecule has 2 aromatic carbocycles. The second-order valence-corrected chi connectivity index (χ2v) is 9.19. The van der Waals surface area contributed by atoms with Crippen molar-refractivity contribution in [3.8, 4) is 23.0 Å². The van der Waals surface area contributed by atoms with E-state index in [1.54, 1.807) is 45.0 Å². The minimum Gasteiger partial charge on any atom is -0.493 e. The number of nitrogens with zero attached hydrogens (tertiary/aromatic N) is 1. The van der Waals surface area contributed by atoms with Crippen LogP contribution in [0.25, 0.3) is 6.08 Å². The summed E-state index contributed by atoms with van der Waals surface area (Å²) in [7, 11) is -2.16. The average molecular weight is 491 g/mol. The quantitative estimate of drug-likeness (QED) is 0.508. The third-order valence-electron chi connectivity index (χ3n) is 5.13. The molecule has 1 aliphatic rings. The molecule has 0 atom stereocenters. The summed E-state index contributed by atoms with van der Waals surface area (Å²) in [5.41, 5.74) is 0.948. The largest absolute Gasteiger partial charge is 0.493 e. The molecule has 184 valence electrons. The summed E-state index contributed by atoms with van der Waals surface area (Å²) < 4.78 is 49.3. The lowest BCUT2D eigenvalue weighted by Gasteiger charge is -2.21. The first-order valence-electron chi connectivity index (χ1n) is 11.1. The first kappa shape index (κ1) is 25.4. The van der Waals surface area contributed by atoms with Crippen LogP contribution in [0.1, 0.15) is 26.3 Å². The van der Waals surface area contributed by atoms with Crippen LogP contribution in [0.15, 0.2) is 41.3 Å². The Morgan fingerprint density at radius 1 is 1.09 bits per heavy atom. The van der Waals surface area contributed by atoms with E-state index in [9.17, 15) is 13.2 Å². The van der Waals surface area contributed by atoms with E-state index in [4.69, 9.17) is 18.9 Å². The van der Waals surface area contributed by atoms with Gasteiger partial charge in [-0.3, -0.25) is 4.79 Å². The molecule has 0 radical (unpaired) electrons. The number of carbonyl (C=O) groups is 1. The number of hydrogen-bond acceptors (Lipinski definition) is 7. The zero-order valence-electron chi connectivity index (χ0n) is 19.8. The highest BCUT2D eigenvalue weighted by Gasteiger charge is 2.23. The number of rotatable bonds is 10. The molecule has 34 heavy (non-hydrogen) atoms. The molecule has 0 saturated carbocycles. The third kappa shape index (κ3) is 5.63. The Balaban J connectivity index is 1.85. The topological polar surface area (TPSA) is 103 Å². The summed E-state index contributed by atoms with van der Waals surface area (Å²) in [4.78, 5) is 12.8. The molecule has 0 bridgehead atoms. The van der Waals surface area contributed by atoms with Crippen molar-refractivity contribution in [2.75, 3.05) is 45.3 Å². The van der Waals surface area contributed by atoms with Gasteiger partial charge >= 0.3 is 0 Å². The van der Waals surface area contributed by atoms with E-state index in [0.29, 0.717) is 61.5 Å². The first-order valence-corrected chi connectivity index (χ1v) is 12.5. The van der Waals surface area contributed by atoms with Crippen molar-refractivity contribution in [1.29, 1.82) is 0 Å². The Kier molecular flexibility index (Phi) is 8.41. The van der Waals surface area contributed by atoms with E-state index < -0.39 is 15.9 Å². The van der Waals surface area contributed by atoms with Crippen molar-refractivity contribution >= 4 is 27.7 Å². The SMILES string of the molecule is CCOc1ccc(S(=O)(=O)N(CC)CC)cc1NC(=O)/C=C/c1cc(OC)c2c(c1)OCCO2. The minimum absolute atomic E-state index is 0.0792. The monoisotopic (exact) mass is 490 g/mol. The molecule has 0 aliphatic carbocycles. The Morgan fingerprint density at radius 3 is 2.50 bits per heavy atom. The highest BCUT2D eigenvalue weighted by Crippen LogP contribution is 2.40. The van der Waals surface area contributed by atoms with Gasteiger partial charge in [-0.15, -0.1) is 0 Å². The van der Waals surface area contributed by atoms with Crippen LogP contribution in [0, 0.1) is 0 Å².